The summed E-state index contributed by atoms with van der Waals surface area (Å²) in [6.45, 7) is 1.71. The van der Waals surface area contributed by atoms with Gasteiger partial charge >= 0.3 is 5.82 Å². The van der Waals surface area contributed by atoms with Gasteiger partial charge in [-0.25, -0.2) is 0 Å². The van der Waals surface area contributed by atoms with E-state index in [1.165, 1.54) is 24.3 Å². The van der Waals surface area contributed by atoms with Crippen LogP contribution in [0.3, 0.4) is 0 Å². The summed E-state index contributed by atoms with van der Waals surface area (Å²) in [4.78, 5) is 25.1. The van der Waals surface area contributed by atoms with E-state index in [2.05, 4.69) is 10.1 Å². The van der Waals surface area contributed by atoms with E-state index in [1.54, 1.807) is 13.0 Å². The third-order valence-corrected chi connectivity index (χ3v) is 3.61. The second-order valence-corrected chi connectivity index (χ2v) is 5.09. The predicted molar refractivity (Wildman–Crippen MR) is 81.5 cm³/mol. The minimum absolute atomic E-state index is 0.0686. The van der Waals surface area contributed by atoms with Crippen LogP contribution in [0.1, 0.15) is 5.56 Å². The Bertz CT molecular complexity index is 951. The molecule has 2 heterocycles. The number of benzene rings is 1. The van der Waals surface area contributed by atoms with Crippen LogP contribution < -0.4 is 0 Å². The number of nitro groups is 2. The molecular weight excluding hydrogens is 326 g/mol. The second-order valence-electron chi connectivity index (χ2n) is 4.73. The van der Waals surface area contributed by atoms with Gasteiger partial charge in [-0.15, -0.1) is 0 Å². The Balaban J connectivity index is 2.26. The maximum absolute atomic E-state index is 11.4. The molecule has 0 fully saturated rings. The molecule has 0 spiro atoms. The zero-order chi connectivity index (χ0) is 16.7. The molecule has 0 bridgehead atoms. The summed E-state index contributed by atoms with van der Waals surface area (Å²) >= 11 is 5.92. The lowest BCUT2D eigenvalue weighted by Gasteiger charge is -1.98. The van der Waals surface area contributed by atoms with Crippen LogP contribution in [0.25, 0.3) is 16.9 Å². The molecule has 0 aliphatic rings. The van der Waals surface area contributed by atoms with Crippen molar-refractivity contribution in [3.63, 3.8) is 0 Å². The van der Waals surface area contributed by atoms with E-state index in [-0.39, 0.29) is 28.0 Å². The lowest BCUT2D eigenvalue weighted by Crippen LogP contribution is -2.00. The molecule has 10 heteroatoms. The summed E-state index contributed by atoms with van der Waals surface area (Å²) in [5.74, 6) is -0.351. The zero-order valence-electron chi connectivity index (χ0n) is 11.6. The smallest absolute Gasteiger partial charge is 0.358 e. The van der Waals surface area contributed by atoms with Gasteiger partial charge in [-0.2, -0.15) is 4.98 Å². The van der Waals surface area contributed by atoms with Crippen LogP contribution in [0.4, 0.5) is 11.5 Å². The minimum Gasteiger partial charge on any atom is -0.358 e. The van der Waals surface area contributed by atoms with Crippen molar-refractivity contribution < 1.29 is 9.85 Å². The van der Waals surface area contributed by atoms with Crippen LogP contribution in [0.5, 0.6) is 0 Å². The number of fused-ring (bicyclic) bond motifs is 1. The Morgan fingerprint density at radius 1 is 1.13 bits per heavy atom. The number of aryl methyl sites for hydroxylation is 1. The second kappa shape index (κ2) is 5.29. The fraction of sp³-hybridized carbons (Fsp3) is 0.0769. The fourth-order valence-electron chi connectivity index (χ4n) is 2.13. The van der Waals surface area contributed by atoms with Crippen molar-refractivity contribution in [2.24, 2.45) is 0 Å². The van der Waals surface area contributed by atoms with Crippen molar-refractivity contribution in [2.75, 3.05) is 0 Å². The van der Waals surface area contributed by atoms with Crippen LogP contribution in [0.15, 0.2) is 30.3 Å². The van der Waals surface area contributed by atoms with Crippen molar-refractivity contribution in [2.45, 2.75) is 6.92 Å². The van der Waals surface area contributed by atoms with Gasteiger partial charge < -0.3 is 10.1 Å². The number of imidazole rings is 1. The number of hydrogen-bond acceptors (Lipinski definition) is 6. The molecule has 0 atom stereocenters. The average Bonchev–Trinajstić information content (AvgIpc) is 2.86. The molecule has 0 amide bonds. The Kier molecular flexibility index (Phi) is 3.41. The molecule has 1 aromatic carbocycles. The summed E-state index contributed by atoms with van der Waals surface area (Å²) < 4.78 is 1.05. The lowest BCUT2D eigenvalue weighted by molar-refractivity contribution is -0.390. The highest BCUT2D eigenvalue weighted by molar-refractivity contribution is 6.30. The van der Waals surface area contributed by atoms with E-state index < -0.39 is 9.85 Å². The highest BCUT2D eigenvalue weighted by Gasteiger charge is 2.26. The van der Waals surface area contributed by atoms with E-state index in [0.29, 0.717) is 11.1 Å². The molecule has 23 heavy (non-hydrogen) atoms. The third-order valence-electron chi connectivity index (χ3n) is 3.24. The topological polar surface area (TPSA) is 116 Å². The normalized spacial score (nSPS) is 10.9. The molecular formula is C13H8ClN5O4. The van der Waals surface area contributed by atoms with Gasteiger partial charge in [0.1, 0.15) is 0 Å². The van der Waals surface area contributed by atoms with E-state index >= 15 is 0 Å². The minimum atomic E-state index is -0.616. The molecule has 0 radical (unpaired) electrons. The number of rotatable bonds is 3. The van der Waals surface area contributed by atoms with Gasteiger partial charge in [0.2, 0.25) is 5.65 Å². The SMILES string of the molecule is Cc1cc2nc(-c3ccc([N+](=O)[O-])cc3)c([N+](=O)[O-])n2nc1Cl. The van der Waals surface area contributed by atoms with Crippen molar-refractivity contribution in [1.82, 2.24) is 14.6 Å². The molecule has 0 aliphatic carbocycles. The number of aromatic nitrogens is 3. The molecule has 3 aromatic rings. The fourth-order valence-corrected chi connectivity index (χ4v) is 2.26. The maximum Gasteiger partial charge on any atom is 0.376 e. The molecule has 2 aromatic heterocycles. The number of halogens is 1. The van der Waals surface area contributed by atoms with E-state index in [4.69, 9.17) is 11.6 Å². The summed E-state index contributed by atoms with van der Waals surface area (Å²) in [5.41, 5.74) is 1.24. The van der Waals surface area contributed by atoms with Gasteiger partial charge in [-0.1, -0.05) is 21.2 Å². The quantitative estimate of drug-likeness (QED) is 0.536. The first-order valence-electron chi connectivity index (χ1n) is 6.33. The van der Waals surface area contributed by atoms with Crippen molar-refractivity contribution in [3.05, 3.63) is 61.3 Å². The highest BCUT2D eigenvalue weighted by Crippen LogP contribution is 2.31. The first-order chi connectivity index (χ1) is 10.9. The largest absolute Gasteiger partial charge is 0.376 e. The molecule has 9 nitrogen and oxygen atoms in total. The van der Waals surface area contributed by atoms with Crippen LogP contribution in [0.2, 0.25) is 5.15 Å². The average molecular weight is 334 g/mol. The molecule has 0 saturated carbocycles. The number of hydrogen-bond donors (Lipinski definition) is 0. The standard InChI is InChI=1S/C13H8ClN5O4/c1-7-6-10-15-11(8-2-4-9(5-3-8)18(20)21)13(19(22)23)17(10)16-12(7)14/h2-6H,1H3. The number of nitrogens with zero attached hydrogens (tertiary/aromatic N) is 5. The van der Waals surface area contributed by atoms with Gasteiger partial charge in [0.25, 0.3) is 5.69 Å². The van der Waals surface area contributed by atoms with Gasteiger partial charge in [-0.05, 0) is 29.5 Å². The van der Waals surface area contributed by atoms with Crippen LogP contribution in [0, 0.1) is 27.2 Å². The van der Waals surface area contributed by atoms with Crippen molar-refractivity contribution in [3.8, 4) is 11.3 Å². The zero-order valence-corrected chi connectivity index (χ0v) is 12.4. The Morgan fingerprint density at radius 3 is 2.35 bits per heavy atom. The van der Waals surface area contributed by atoms with Crippen molar-refractivity contribution >= 4 is 28.8 Å². The van der Waals surface area contributed by atoms with Crippen LogP contribution in [-0.4, -0.2) is 24.4 Å². The van der Waals surface area contributed by atoms with Gasteiger partial charge in [-0.3, -0.25) is 10.1 Å². The van der Waals surface area contributed by atoms with E-state index in [0.717, 1.165) is 4.52 Å². The molecule has 0 N–H and O–H groups in total. The van der Waals surface area contributed by atoms with Gasteiger partial charge in [0.15, 0.2) is 10.8 Å². The number of non-ortho nitro benzene ring substituents is 1. The van der Waals surface area contributed by atoms with Crippen molar-refractivity contribution in [1.29, 1.82) is 0 Å². The summed E-state index contributed by atoms with van der Waals surface area (Å²) in [5, 5.41) is 26.2. The summed E-state index contributed by atoms with van der Waals surface area (Å²) in [7, 11) is 0. The van der Waals surface area contributed by atoms with Gasteiger partial charge in [0, 0.05) is 23.8 Å². The first-order valence-corrected chi connectivity index (χ1v) is 6.71. The lowest BCUT2D eigenvalue weighted by atomic mass is 10.1. The first kappa shape index (κ1) is 14.9. The molecule has 0 saturated heterocycles. The predicted octanol–water partition coefficient (Wildman–Crippen LogP) is 3.17. The Hall–Kier alpha value is -3.07. The molecule has 116 valence electrons. The van der Waals surface area contributed by atoms with E-state index in [9.17, 15) is 20.2 Å². The molecule has 0 aliphatic heterocycles. The van der Waals surface area contributed by atoms with Gasteiger partial charge in [0.05, 0.1) is 4.92 Å². The van der Waals surface area contributed by atoms with E-state index in [1.807, 2.05) is 0 Å². The molecule has 3 rings (SSSR count). The Labute approximate surface area is 133 Å². The molecule has 0 unspecified atom stereocenters. The van der Waals surface area contributed by atoms with Crippen LogP contribution in [-0.2, 0) is 0 Å². The monoisotopic (exact) mass is 333 g/mol. The number of nitro benzene ring substituents is 1. The Morgan fingerprint density at radius 2 is 1.78 bits per heavy atom. The van der Waals surface area contributed by atoms with Crippen LogP contribution >= 0.6 is 11.6 Å². The third kappa shape index (κ3) is 2.46. The summed E-state index contributed by atoms with van der Waals surface area (Å²) in [6, 6.07) is 6.91. The maximum atomic E-state index is 11.4. The summed E-state index contributed by atoms with van der Waals surface area (Å²) in [6.07, 6.45) is 0. The highest BCUT2D eigenvalue weighted by atomic mass is 35.5.